The monoisotopic (exact) mass is 334 g/mol. The fourth-order valence-corrected chi connectivity index (χ4v) is 2.83. The number of rotatable bonds is 4. The van der Waals surface area contributed by atoms with Gasteiger partial charge in [-0.1, -0.05) is 6.92 Å². The number of sulfone groups is 1. The minimum Gasteiger partial charge on any atom is -0.444 e. The van der Waals surface area contributed by atoms with Crippen molar-refractivity contribution in [3.05, 3.63) is 0 Å². The number of carbonyl (C=O) groups is 2. The van der Waals surface area contributed by atoms with Gasteiger partial charge in [0.05, 0.1) is 17.2 Å². The van der Waals surface area contributed by atoms with Crippen LogP contribution >= 0.6 is 0 Å². The second-order valence-electron chi connectivity index (χ2n) is 6.91. The molecule has 2 amide bonds. The minimum atomic E-state index is -3.26. The van der Waals surface area contributed by atoms with E-state index in [1.807, 2.05) is 0 Å². The minimum absolute atomic E-state index is 0.158. The molecule has 0 spiro atoms. The van der Waals surface area contributed by atoms with Crippen LogP contribution < -0.4 is 5.32 Å². The first-order valence-electron chi connectivity index (χ1n) is 7.28. The third-order valence-electron chi connectivity index (χ3n) is 3.67. The number of nitrogens with zero attached hydrogens (tertiary/aromatic N) is 1. The quantitative estimate of drug-likeness (QED) is 0.820. The van der Waals surface area contributed by atoms with Gasteiger partial charge in [0.25, 0.3) is 0 Å². The van der Waals surface area contributed by atoms with E-state index in [4.69, 9.17) is 4.74 Å². The highest BCUT2D eigenvalue weighted by molar-refractivity contribution is 7.91. The summed E-state index contributed by atoms with van der Waals surface area (Å²) in [6.45, 7) is 9.23. The molecule has 0 aromatic carbocycles. The standard InChI is InChI=1S/C14H26N2O5S/c1-9(10(2)22(6,19)20)12(17)15-11-7-16(8-11)13(18)21-14(3,4)5/h9-11H,7-8H2,1-6H3,(H,15,17). The molecular formula is C14H26N2O5S. The third kappa shape index (κ3) is 5.15. The molecule has 2 unspecified atom stereocenters. The second kappa shape index (κ2) is 6.44. The number of amides is 2. The molecule has 0 aliphatic carbocycles. The highest BCUT2D eigenvalue weighted by Crippen LogP contribution is 2.17. The average molecular weight is 334 g/mol. The Morgan fingerprint density at radius 3 is 2.14 bits per heavy atom. The van der Waals surface area contributed by atoms with Crippen LogP contribution in [0.2, 0.25) is 0 Å². The smallest absolute Gasteiger partial charge is 0.410 e. The highest BCUT2D eigenvalue weighted by Gasteiger charge is 2.36. The van der Waals surface area contributed by atoms with Gasteiger partial charge in [0, 0.05) is 19.3 Å². The molecule has 2 atom stereocenters. The molecule has 8 heteroatoms. The van der Waals surface area contributed by atoms with Crippen LogP contribution in [0.4, 0.5) is 4.79 Å². The molecule has 22 heavy (non-hydrogen) atoms. The average Bonchev–Trinajstić information content (AvgIpc) is 2.27. The summed E-state index contributed by atoms with van der Waals surface area (Å²) >= 11 is 0. The molecule has 7 nitrogen and oxygen atoms in total. The van der Waals surface area contributed by atoms with Gasteiger partial charge in [-0.25, -0.2) is 13.2 Å². The molecule has 0 aromatic heterocycles. The number of ether oxygens (including phenoxy) is 1. The first-order chi connectivity index (χ1) is 9.81. The van der Waals surface area contributed by atoms with Crippen LogP contribution in [0.3, 0.4) is 0 Å². The van der Waals surface area contributed by atoms with Gasteiger partial charge in [-0.15, -0.1) is 0 Å². The fraction of sp³-hybridized carbons (Fsp3) is 0.857. The van der Waals surface area contributed by atoms with Crippen molar-refractivity contribution < 1.29 is 22.7 Å². The van der Waals surface area contributed by atoms with Gasteiger partial charge in [0.1, 0.15) is 5.60 Å². The molecule has 1 N–H and O–H groups in total. The number of hydrogen-bond acceptors (Lipinski definition) is 5. The van der Waals surface area contributed by atoms with Crippen molar-refractivity contribution in [2.45, 2.75) is 51.5 Å². The first-order valence-corrected chi connectivity index (χ1v) is 9.24. The van der Waals surface area contributed by atoms with Gasteiger partial charge in [0.15, 0.2) is 9.84 Å². The zero-order chi connectivity index (χ0) is 17.3. The lowest BCUT2D eigenvalue weighted by atomic mass is 10.1. The summed E-state index contributed by atoms with van der Waals surface area (Å²) in [7, 11) is -3.26. The van der Waals surface area contributed by atoms with E-state index in [9.17, 15) is 18.0 Å². The SMILES string of the molecule is CC(C(=O)NC1CN(C(=O)OC(C)(C)C)C1)C(C)S(C)(=O)=O. The summed E-state index contributed by atoms with van der Waals surface area (Å²) in [4.78, 5) is 25.3. The third-order valence-corrected chi connectivity index (χ3v) is 5.43. The van der Waals surface area contributed by atoms with Gasteiger partial charge in [-0.2, -0.15) is 0 Å². The van der Waals surface area contributed by atoms with Crippen LogP contribution in [0.5, 0.6) is 0 Å². The fourth-order valence-electron chi connectivity index (χ4n) is 1.96. The van der Waals surface area contributed by atoms with Crippen molar-refractivity contribution in [2.24, 2.45) is 5.92 Å². The molecule has 128 valence electrons. The highest BCUT2D eigenvalue weighted by atomic mass is 32.2. The molecule has 1 rings (SSSR count). The van der Waals surface area contributed by atoms with E-state index in [2.05, 4.69) is 5.32 Å². The van der Waals surface area contributed by atoms with Gasteiger partial charge < -0.3 is 15.0 Å². The van der Waals surface area contributed by atoms with Crippen molar-refractivity contribution in [2.75, 3.05) is 19.3 Å². The van der Waals surface area contributed by atoms with E-state index in [-0.39, 0.29) is 11.9 Å². The molecular weight excluding hydrogens is 308 g/mol. The van der Waals surface area contributed by atoms with E-state index in [0.717, 1.165) is 6.26 Å². The van der Waals surface area contributed by atoms with Crippen molar-refractivity contribution in [3.63, 3.8) is 0 Å². The van der Waals surface area contributed by atoms with Gasteiger partial charge >= 0.3 is 6.09 Å². The molecule has 0 radical (unpaired) electrons. The topological polar surface area (TPSA) is 92.8 Å². The zero-order valence-corrected chi connectivity index (χ0v) is 14.9. The molecule has 1 aliphatic heterocycles. The Labute approximate surface area is 132 Å². The molecule has 0 bridgehead atoms. The lowest BCUT2D eigenvalue weighted by Gasteiger charge is -2.40. The van der Waals surface area contributed by atoms with Crippen molar-refractivity contribution in [1.82, 2.24) is 10.2 Å². The molecule has 0 aromatic rings. The largest absolute Gasteiger partial charge is 0.444 e. The van der Waals surface area contributed by atoms with E-state index in [1.54, 1.807) is 27.7 Å². The number of hydrogen-bond donors (Lipinski definition) is 1. The van der Waals surface area contributed by atoms with Crippen molar-refractivity contribution in [1.29, 1.82) is 0 Å². The summed E-state index contributed by atoms with van der Waals surface area (Å²) in [5.41, 5.74) is -0.551. The lowest BCUT2D eigenvalue weighted by molar-refractivity contribution is -0.126. The van der Waals surface area contributed by atoms with Crippen LogP contribution in [-0.4, -0.2) is 61.6 Å². The Morgan fingerprint density at radius 1 is 1.23 bits per heavy atom. The Kier molecular flexibility index (Phi) is 5.48. The van der Waals surface area contributed by atoms with Crippen LogP contribution in [0.15, 0.2) is 0 Å². The van der Waals surface area contributed by atoms with Crippen LogP contribution in [0.1, 0.15) is 34.6 Å². The first kappa shape index (κ1) is 18.7. The predicted molar refractivity (Wildman–Crippen MR) is 83.2 cm³/mol. The van der Waals surface area contributed by atoms with Crippen molar-refractivity contribution in [3.8, 4) is 0 Å². The molecule has 0 saturated carbocycles. The predicted octanol–water partition coefficient (Wildman–Crippen LogP) is 0.791. The summed E-state index contributed by atoms with van der Waals surface area (Å²) in [5.74, 6) is -0.947. The zero-order valence-electron chi connectivity index (χ0n) is 14.0. The van der Waals surface area contributed by atoms with Crippen molar-refractivity contribution >= 4 is 21.8 Å². The van der Waals surface area contributed by atoms with E-state index in [1.165, 1.54) is 11.8 Å². The van der Waals surface area contributed by atoms with Crippen LogP contribution in [0, 0.1) is 5.92 Å². The maximum atomic E-state index is 12.0. The number of likely N-dealkylation sites (tertiary alicyclic amines) is 1. The second-order valence-corrected chi connectivity index (χ2v) is 9.32. The van der Waals surface area contributed by atoms with Crippen LogP contribution in [-0.2, 0) is 19.4 Å². The Hall–Kier alpha value is -1.31. The molecule has 1 aliphatic rings. The maximum absolute atomic E-state index is 12.0. The summed E-state index contributed by atoms with van der Waals surface area (Å²) in [5, 5.41) is 2.02. The number of carbonyl (C=O) groups excluding carboxylic acids is 2. The molecule has 1 saturated heterocycles. The Morgan fingerprint density at radius 2 is 1.73 bits per heavy atom. The molecule has 1 heterocycles. The summed E-state index contributed by atoms with van der Waals surface area (Å²) in [6, 6.07) is -0.158. The maximum Gasteiger partial charge on any atom is 0.410 e. The Balaban J connectivity index is 2.43. The van der Waals surface area contributed by atoms with Gasteiger partial charge in [-0.05, 0) is 27.7 Å². The molecule has 1 fully saturated rings. The summed E-state index contributed by atoms with van der Waals surface area (Å²) < 4.78 is 28.2. The van der Waals surface area contributed by atoms with Gasteiger partial charge in [-0.3, -0.25) is 4.79 Å². The van der Waals surface area contributed by atoms with E-state index >= 15 is 0 Å². The van der Waals surface area contributed by atoms with E-state index in [0.29, 0.717) is 13.1 Å². The summed E-state index contributed by atoms with van der Waals surface area (Å²) in [6.07, 6.45) is 0.713. The van der Waals surface area contributed by atoms with E-state index < -0.39 is 32.7 Å². The normalized spacial score (nSPS) is 19.1. The van der Waals surface area contributed by atoms with Gasteiger partial charge in [0.2, 0.25) is 5.91 Å². The Bertz CT molecular complexity index is 532. The lowest BCUT2D eigenvalue weighted by Crippen LogP contribution is -2.62. The number of nitrogens with one attached hydrogen (secondary N) is 1. The van der Waals surface area contributed by atoms with Crippen LogP contribution in [0.25, 0.3) is 0 Å².